The van der Waals surface area contributed by atoms with Gasteiger partial charge in [0.15, 0.2) is 0 Å². The van der Waals surface area contributed by atoms with Crippen LogP contribution in [0.5, 0.6) is 0 Å². The average Bonchev–Trinajstić information content (AvgIpc) is 2.83. The molecule has 2 aromatic heterocycles. The molecule has 3 aromatic rings. The summed E-state index contributed by atoms with van der Waals surface area (Å²) in [6.07, 6.45) is 1.98. The van der Waals surface area contributed by atoms with Gasteiger partial charge in [-0.3, -0.25) is 4.68 Å². The maximum Gasteiger partial charge on any atom is 0.121 e. The predicted octanol–water partition coefficient (Wildman–Crippen LogP) is 2.46. The van der Waals surface area contributed by atoms with Gasteiger partial charge in [-0.05, 0) is 19.1 Å². The Kier molecular flexibility index (Phi) is 1.98. The number of hydrogen-bond donors (Lipinski definition) is 2. The second kappa shape index (κ2) is 3.38. The Bertz CT molecular complexity index is 671. The zero-order chi connectivity index (χ0) is 12.0. The molecule has 0 fully saturated rings. The minimum atomic E-state index is 0.669. The smallest absolute Gasteiger partial charge is 0.121 e. The van der Waals surface area contributed by atoms with Gasteiger partial charge >= 0.3 is 0 Å². The van der Waals surface area contributed by atoms with Crippen LogP contribution in [-0.2, 0) is 7.05 Å². The molecule has 0 saturated heterocycles. The Morgan fingerprint density at radius 3 is 2.82 bits per heavy atom. The van der Waals surface area contributed by atoms with Gasteiger partial charge in [0.2, 0.25) is 0 Å². The summed E-state index contributed by atoms with van der Waals surface area (Å²) in [5.41, 5.74) is 10.2. The van der Waals surface area contributed by atoms with E-state index in [1.165, 1.54) is 10.9 Å². The van der Waals surface area contributed by atoms with Crippen molar-refractivity contribution >= 4 is 16.7 Å². The highest BCUT2D eigenvalue weighted by atomic mass is 15.3. The van der Waals surface area contributed by atoms with E-state index in [2.05, 4.69) is 35.2 Å². The molecule has 0 saturated carbocycles. The van der Waals surface area contributed by atoms with Crippen LogP contribution >= 0.6 is 0 Å². The van der Waals surface area contributed by atoms with Crippen molar-refractivity contribution in [3.8, 4) is 11.3 Å². The summed E-state index contributed by atoms with van der Waals surface area (Å²) in [4.78, 5) is 3.25. The molecule has 0 bridgehead atoms. The third kappa shape index (κ3) is 1.49. The number of aromatic amines is 1. The van der Waals surface area contributed by atoms with Crippen molar-refractivity contribution < 1.29 is 0 Å². The standard InChI is InChI=1S/C13H14N4/c1-8-3-4-11-9(5-8)10(7-15-11)12-6-13(14)17(2)16-12/h3-7,15H,14H2,1-2H3. The van der Waals surface area contributed by atoms with Gasteiger partial charge in [-0.2, -0.15) is 5.10 Å². The maximum atomic E-state index is 5.81. The van der Waals surface area contributed by atoms with Crippen LogP contribution in [0.25, 0.3) is 22.2 Å². The summed E-state index contributed by atoms with van der Waals surface area (Å²) < 4.78 is 1.68. The van der Waals surface area contributed by atoms with E-state index in [-0.39, 0.29) is 0 Å². The Balaban J connectivity index is 2.26. The molecule has 0 amide bonds. The van der Waals surface area contributed by atoms with E-state index in [1.807, 2.05) is 19.3 Å². The van der Waals surface area contributed by atoms with Crippen molar-refractivity contribution in [3.05, 3.63) is 36.0 Å². The van der Waals surface area contributed by atoms with E-state index in [9.17, 15) is 0 Å². The number of nitrogen functional groups attached to an aromatic ring is 1. The first-order valence-electron chi connectivity index (χ1n) is 5.53. The molecule has 1 aromatic carbocycles. The summed E-state index contributed by atoms with van der Waals surface area (Å²) in [6, 6.07) is 8.23. The molecular weight excluding hydrogens is 212 g/mol. The van der Waals surface area contributed by atoms with Crippen LogP contribution in [-0.4, -0.2) is 14.8 Å². The molecule has 4 heteroatoms. The number of hydrogen-bond acceptors (Lipinski definition) is 2. The Morgan fingerprint density at radius 1 is 1.29 bits per heavy atom. The minimum absolute atomic E-state index is 0.669. The number of aryl methyl sites for hydroxylation is 2. The fourth-order valence-corrected chi connectivity index (χ4v) is 2.06. The third-order valence-electron chi connectivity index (χ3n) is 3.03. The summed E-state index contributed by atoms with van der Waals surface area (Å²) >= 11 is 0. The van der Waals surface area contributed by atoms with E-state index < -0.39 is 0 Å². The number of rotatable bonds is 1. The zero-order valence-corrected chi connectivity index (χ0v) is 9.86. The van der Waals surface area contributed by atoms with Gasteiger partial charge in [0.05, 0.1) is 5.69 Å². The molecule has 86 valence electrons. The molecule has 0 spiro atoms. The Labute approximate surface area is 99.1 Å². The lowest BCUT2D eigenvalue weighted by Crippen LogP contribution is -1.96. The van der Waals surface area contributed by atoms with Crippen molar-refractivity contribution in [2.75, 3.05) is 5.73 Å². The van der Waals surface area contributed by atoms with Crippen molar-refractivity contribution in [2.24, 2.45) is 7.05 Å². The topological polar surface area (TPSA) is 59.6 Å². The summed E-state index contributed by atoms with van der Waals surface area (Å²) in [6.45, 7) is 2.09. The van der Waals surface area contributed by atoms with Crippen LogP contribution in [0.4, 0.5) is 5.82 Å². The van der Waals surface area contributed by atoms with Crippen LogP contribution < -0.4 is 5.73 Å². The van der Waals surface area contributed by atoms with Crippen molar-refractivity contribution in [2.45, 2.75) is 6.92 Å². The third-order valence-corrected chi connectivity index (χ3v) is 3.03. The highest BCUT2D eigenvalue weighted by Crippen LogP contribution is 2.29. The van der Waals surface area contributed by atoms with Crippen molar-refractivity contribution in [1.82, 2.24) is 14.8 Å². The van der Waals surface area contributed by atoms with Gasteiger partial charge in [0, 0.05) is 35.8 Å². The first kappa shape index (κ1) is 9.96. The zero-order valence-electron chi connectivity index (χ0n) is 9.86. The molecule has 3 rings (SSSR count). The minimum Gasteiger partial charge on any atom is -0.384 e. The number of nitrogens with one attached hydrogen (secondary N) is 1. The quantitative estimate of drug-likeness (QED) is 0.669. The van der Waals surface area contributed by atoms with E-state index in [0.717, 1.165) is 16.8 Å². The number of fused-ring (bicyclic) bond motifs is 1. The lowest BCUT2D eigenvalue weighted by molar-refractivity contribution is 0.782. The summed E-state index contributed by atoms with van der Waals surface area (Å²) in [7, 11) is 1.85. The SMILES string of the molecule is Cc1ccc2[nH]cc(-c3cc(N)n(C)n3)c2c1. The summed E-state index contributed by atoms with van der Waals surface area (Å²) in [5.74, 6) is 0.669. The number of H-pyrrole nitrogens is 1. The van der Waals surface area contributed by atoms with Gasteiger partial charge in [0.25, 0.3) is 0 Å². The lowest BCUT2D eigenvalue weighted by Gasteiger charge is -1.96. The molecule has 0 aliphatic heterocycles. The number of aromatic nitrogens is 3. The van der Waals surface area contributed by atoms with E-state index in [1.54, 1.807) is 4.68 Å². The highest BCUT2D eigenvalue weighted by molar-refractivity contribution is 5.95. The largest absolute Gasteiger partial charge is 0.384 e. The van der Waals surface area contributed by atoms with E-state index >= 15 is 0 Å². The second-order valence-electron chi connectivity index (χ2n) is 4.33. The van der Waals surface area contributed by atoms with Gasteiger partial charge in [-0.25, -0.2) is 0 Å². The monoisotopic (exact) mass is 226 g/mol. The van der Waals surface area contributed by atoms with Crippen LogP contribution in [0.1, 0.15) is 5.56 Å². The average molecular weight is 226 g/mol. The van der Waals surface area contributed by atoms with E-state index in [0.29, 0.717) is 5.82 Å². The second-order valence-corrected chi connectivity index (χ2v) is 4.33. The lowest BCUT2D eigenvalue weighted by atomic mass is 10.1. The molecule has 17 heavy (non-hydrogen) atoms. The number of anilines is 1. The van der Waals surface area contributed by atoms with Gasteiger partial charge in [0.1, 0.15) is 5.82 Å². The van der Waals surface area contributed by atoms with Gasteiger partial charge < -0.3 is 10.7 Å². The highest BCUT2D eigenvalue weighted by Gasteiger charge is 2.10. The molecule has 4 nitrogen and oxygen atoms in total. The number of nitrogens with zero attached hydrogens (tertiary/aromatic N) is 2. The van der Waals surface area contributed by atoms with Crippen LogP contribution in [0, 0.1) is 6.92 Å². The van der Waals surface area contributed by atoms with Gasteiger partial charge in [-0.1, -0.05) is 11.6 Å². The Morgan fingerprint density at radius 2 is 2.12 bits per heavy atom. The molecule has 0 aliphatic carbocycles. The Hall–Kier alpha value is -2.23. The molecule has 0 atom stereocenters. The van der Waals surface area contributed by atoms with Crippen LogP contribution in [0.2, 0.25) is 0 Å². The van der Waals surface area contributed by atoms with E-state index in [4.69, 9.17) is 5.73 Å². The number of nitrogens with two attached hydrogens (primary N) is 1. The maximum absolute atomic E-state index is 5.81. The molecule has 0 unspecified atom stereocenters. The van der Waals surface area contributed by atoms with Crippen LogP contribution in [0.3, 0.4) is 0 Å². The first-order valence-corrected chi connectivity index (χ1v) is 5.53. The molecular formula is C13H14N4. The molecule has 2 heterocycles. The van der Waals surface area contributed by atoms with Crippen LogP contribution in [0.15, 0.2) is 30.5 Å². The van der Waals surface area contributed by atoms with Gasteiger partial charge in [-0.15, -0.1) is 0 Å². The fraction of sp³-hybridized carbons (Fsp3) is 0.154. The molecule has 3 N–H and O–H groups in total. The first-order chi connectivity index (χ1) is 8.15. The normalized spacial score (nSPS) is 11.2. The molecule has 0 aliphatic rings. The fourth-order valence-electron chi connectivity index (χ4n) is 2.06. The van der Waals surface area contributed by atoms with Crippen molar-refractivity contribution in [3.63, 3.8) is 0 Å². The molecule has 0 radical (unpaired) electrons. The van der Waals surface area contributed by atoms with Crippen molar-refractivity contribution in [1.29, 1.82) is 0 Å². The predicted molar refractivity (Wildman–Crippen MR) is 69.7 cm³/mol. The number of benzene rings is 1. The summed E-state index contributed by atoms with van der Waals surface area (Å²) in [5, 5.41) is 5.59.